The molecule has 34 heavy (non-hydrogen) atoms. The molecule has 0 atom stereocenters. The number of halogens is 1. The molecular formula is C30H46BrNO2. The highest BCUT2D eigenvalue weighted by molar-refractivity contribution is 9.09. The van der Waals surface area contributed by atoms with Gasteiger partial charge in [-0.1, -0.05) is 124 Å². The highest BCUT2D eigenvalue weighted by Gasteiger charge is 2.05. The number of ether oxygens (including phenoxy) is 1. The van der Waals surface area contributed by atoms with Gasteiger partial charge in [-0.25, -0.2) is 0 Å². The van der Waals surface area contributed by atoms with E-state index in [1.165, 1.54) is 93.4 Å². The fraction of sp³-hybridized carbons (Fsp3) is 0.633. The molecule has 2 aromatic rings. The fourth-order valence-electron chi connectivity index (χ4n) is 4.51. The maximum atomic E-state index is 12.2. The van der Waals surface area contributed by atoms with Gasteiger partial charge in [0.05, 0.1) is 6.61 Å². The Balaban J connectivity index is 1.52. The van der Waals surface area contributed by atoms with Crippen molar-refractivity contribution in [1.82, 2.24) is 5.32 Å². The molecule has 1 amide bonds. The maximum Gasteiger partial charge on any atom is 0.220 e. The van der Waals surface area contributed by atoms with E-state index in [-0.39, 0.29) is 5.91 Å². The zero-order chi connectivity index (χ0) is 24.3. The molecule has 0 fully saturated rings. The van der Waals surface area contributed by atoms with E-state index in [1.54, 1.807) is 0 Å². The number of alkyl halides is 1. The van der Waals surface area contributed by atoms with Gasteiger partial charge in [-0.15, -0.1) is 0 Å². The van der Waals surface area contributed by atoms with E-state index in [9.17, 15) is 4.79 Å². The number of benzene rings is 2. The number of fused-ring (bicyclic) bond motifs is 1. The van der Waals surface area contributed by atoms with Crippen molar-refractivity contribution in [3.8, 4) is 5.75 Å². The Labute approximate surface area is 216 Å². The number of unbranched alkanes of at least 4 members (excludes halogenated alkanes) is 12. The molecule has 190 valence electrons. The first-order valence-electron chi connectivity index (χ1n) is 13.7. The van der Waals surface area contributed by atoms with Gasteiger partial charge in [0.1, 0.15) is 5.75 Å². The second-order valence-electron chi connectivity index (χ2n) is 9.43. The molecule has 1 N–H and O–H groups in total. The zero-order valence-electron chi connectivity index (χ0n) is 21.4. The van der Waals surface area contributed by atoms with Crippen molar-refractivity contribution in [2.24, 2.45) is 0 Å². The molecule has 0 aromatic heterocycles. The molecular weight excluding hydrogens is 486 g/mol. The van der Waals surface area contributed by atoms with Crippen LogP contribution in [0.15, 0.2) is 36.4 Å². The fourth-order valence-corrected chi connectivity index (χ4v) is 4.67. The first-order valence-corrected chi connectivity index (χ1v) is 14.8. The van der Waals surface area contributed by atoms with Crippen molar-refractivity contribution in [1.29, 1.82) is 0 Å². The van der Waals surface area contributed by atoms with E-state index >= 15 is 0 Å². The number of nitrogens with one attached hydrogen (secondary N) is 1. The quantitative estimate of drug-likeness (QED) is 0.137. The van der Waals surface area contributed by atoms with Crippen LogP contribution < -0.4 is 10.1 Å². The van der Waals surface area contributed by atoms with Crippen molar-refractivity contribution in [2.75, 3.05) is 18.5 Å². The molecule has 0 aliphatic rings. The van der Waals surface area contributed by atoms with E-state index < -0.39 is 0 Å². The van der Waals surface area contributed by atoms with Crippen molar-refractivity contribution in [2.45, 2.75) is 103 Å². The van der Waals surface area contributed by atoms with Crippen LogP contribution >= 0.6 is 15.9 Å². The molecule has 4 heteroatoms. The normalized spacial score (nSPS) is 11.1. The lowest BCUT2D eigenvalue weighted by atomic mass is 10.0. The zero-order valence-corrected chi connectivity index (χ0v) is 23.0. The van der Waals surface area contributed by atoms with Gasteiger partial charge in [0, 0.05) is 18.3 Å². The predicted molar refractivity (Wildman–Crippen MR) is 150 cm³/mol. The van der Waals surface area contributed by atoms with Crippen LogP contribution in [0.25, 0.3) is 10.8 Å². The summed E-state index contributed by atoms with van der Waals surface area (Å²) in [5, 5.41) is 6.35. The molecule has 0 spiro atoms. The predicted octanol–water partition coefficient (Wildman–Crippen LogP) is 8.75. The molecule has 0 heterocycles. The number of carbonyl (C=O) groups is 1. The van der Waals surface area contributed by atoms with E-state index in [2.05, 4.69) is 58.5 Å². The minimum atomic E-state index is 0.185. The Hall–Kier alpha value is -1.55. The van der Waals surface area contributed by atoms with Gasteiger partial charge in [-0.05, 0) is 41.3 Å². The molecule has 0 aliphatic carbocycles. The summed E-state index contributed by atoms with van der Waals surface area (Å²) in [6.45, 7) is 3.62. The van der Waals surface area contributed by atoms with Gasteiger partial charge in [0.15, 0.2) is 0 Å². The van der Waals surface area contributed by atoms with Crippen LogP contribution in [0.3, 0.4) is 0 Å². The smallest absolute Gasteiger partial charge is 0.220 e. The summed E-state index contributed by atoms with van der Waals surface area (Å²) in [4.78, 5) is 12.2. The summed E-state index contributed by atoms with van der Waals surface area (Å²) >= 11 is 3.40. The Morgan fingerprint density at radius 1 is 0.853 bits per heavy atom. The lowest BCUT2D eigenvalue weighted by molar-refractivity contribution is -0.121. The Kier molecular flexibility index (Phi) is 15.8. The third-order valence-corrected chi connectivity index (χ3v) is 6.84. The third-order valence-electron chi connectivity index (χ3n) is 6.51. The Morgan fingerprint density at radius 2 is 1.50 bits per heavy atom. The monoisotopic (exact) mass is 531 g/mol. The van der Waals surface area contributed by atoms with Gasteiger partial charge < -0.3 is 10.1 Å². The Morgan fingerprint density at radius 3 is 2.15 bits per heavy atom. The van der Waals surface area contributed by atoms with Crippen LogP contribution in [0.2, 0.25) is 0 Å². The van der Waals surface area contributed by atoms with Crippen LogP contribution in [-0.4, -0.2) is 24.4 Å². The first kappa shape index (κ1) is 28.7. The molecule has 0 saturated carbocycles. The molecule has 3 nitrogen and oxygen atoms in total. The summed E-state index contributed by atoms with van der Waals surface area (Å²) < 4.78 is 5.76. The molecule has 2 aromatic carbocycles. The highest BCUT2D eigenvalue weighted by atomic mass is 79.9. The largest absolute Gasteiger partial charge is 0.493 e. The van der Waals surface area contributed by atoms with Crippen LogP contribution in [0.4, 0.5) is 0 Å². The van der Waals surface area contributed by atoms with Gasteiger partial charge in [0.25, 0.3) is 0 Å². The lowest BCUT2D eigenvalue weighted by Crippen LogP contribution is -2.25. The average molecular weight is 533 g/mol. The standard InChI is InChI=1S/C30H46BrNO2/c1-2-3-4-5-6-7-8-9-10-11-12-13-14-18-30(33)32-23-21-27-17-15-16-26-19-20-28(25-29(26)27)34-24-22-31/h15-17,19-20,25H,2-14,18,21-24H2,1H3,(H,32,33). The molecule has 0 radical (unpaired) electrons. The van der Waals surface area contributed by atoms with Gasteiger partial charge >= 0.3 is 0 Å². The molecule has 2 rings (SSSR count). The van der Waals surface area contributed by atoms with Crippen LogP contribution in [0.1, 0.15) is 102 Å². The van der Waals surface area contributed by atoms with Crippen LogP contribution in [0, 0.1) is 0 Å². The number of carbonyl (C=O) groups excluding carboxylic acids is 1. The van der Waals surface area contributed by atoms with E-state index in [0.29, 0.717) is 19.6 Å². The molecule has 0 unspecified atom stereocenters. The minimum absolute atomic E-state index is 0.185. The minimum Gasteiger partial charge on any atom is -0.493 e. The summed E-state index contributed by atoms with van der Waals surface area (Å²) in [5.41, 5.74) is 1.25. The summed E-state index contributed by atoms with van der Waals surface area (Å²) in [7, 11) is 0. The Bertz CT molecular complexity index is 807. The lowest BCUT2D eigenvalue weighted by Gasteiger charge is -2.10. The van der Waals surface area contributed by atoms with E-state index in [1.807, 2.05) is 6.07 Å². The van der Waals surface area contributed by atoms with Gasteiger partial charge in [-0.3, -0.25) is 4.79 Å². The SMILES string of the molecule is CCCCCCCCCCCCCCCC(=O)NCCc1cccc2ccc(OCCBr)cc12. The first-order chi connectivity index (χ1) is 16.7. The van der Waals surface area contributed by atoms with Crippen molar-refractivity contribution >= 4 is 32.6 Å². The molecule has 0 bridgehead atoms. The average Bonchev–Trinajstić information content (AvgIpc) is 2.85. The second kappa shape index (κ2) is 18.7. The second-order valence-corrected chi connectivity index (χ2v) is 10.2. The molecule has 0 saturated heterocycles. The van der Waals surface area contributed by atoms with Gasteiger partial charge in [0.2, 0.25) is 5.91 Å². The topological polar surface area (TPSA) is 38.3 Å². The van der Waals surface area contributed by atoms with E-state index in [0.717, 1.165) is 23.9 Å². The van der Waals surface area contributed by atoms with Crippen LogP contribution in [-0.2, 0) is 11.2 Å². The number of amides is 1. The maximum absolute atomic E-state index is 12.2. The number of rotatable bonds is 20. The van der Waals surface area contributed by atoms with Gasteiger partial charge in [-0.2, -0.15) is 0 Å². The highest BCUT2D eigenvalue weighted by Crippen LogP contribution is 2.24. The van der Waals surface area contributed by atoms with Crippen LogP contribution in [0.5, 0.6) is 5.75 Å². The van der Waals surface area contributed by atoms with Crippen molar-refractivity contribution < 1.29 is 9.53 Å². The van der Waals surface area contributed by atoms with Crippen molar-refractivity contribution in [3.05, 3.63) is 42.0 Å². The molecule has 0 aliphatic heterocycles. The van der Waals surface area contributed by atoms with Crippen molar-refractivity contribution in [3.63, 3.8) is 0 Å². The summed E-state index contributed by atoms with van der Waals surface area (Å²) in [5.74, 6) is 1.08. The number of hydrogen-bond acceptors (Lipinski definition) is 2. The number of hydrogen-bond donors (Lipinski definition) is 1. The summed E-state index contributed by atoms with van der Waals surface area (Å²) in [6.07, 6.45) is 18.8. The van der Waals surface area contributed by atoms with E-state index in [4.69, 9.17) is 4.74 Å². The summed E-state index contributed by atoms with van der Waals surface area (Å²) in [6, 6.07) is 12.6. The third kappa shape index (κ3) is 12.2.